The van der Waals surface area contributed by atoms with Crippen LogP contribution in [0.3, 0.4) is 0 Å². The van der Waals surface area contributed by atoms with E-state index in [2.05, 4.69) is 32.7 Å². The van der Waals surface area contributed by atoms with Gasteiger partial charge in [-0.05, 0) is 61.8 Å². The molecule has 2 aliphatic heterocycles. The smallest absolute Gasteiger partial charge is 0.374 e. The Kier molecular flexibility index (Phi) is 7.87. The van der Waals surface area contributed by atoms with E-state index in [-0.39, 0.29) is 12.6 Å². The first-order valence-corrected chi connectivity index (χ1v) is 13.0. The number of carbonyl (C=O) groups excluding carboxylic acids is 1. The summed E-state index contributed by atoms with van der Waals surface area (Å²) in [6.45, 7) is 2.54. The van der Waals surface area contributed by atoms with Gasteiger partial charge < -0.3 is 20.2 Å². The van der Waals surface area contributed by atoms with Crippen molar-refractivity contribution in [3.63, 3.8) is 0 Å². The highest BCUT2D eigenvalue weighted by Gasteiger charge is 2.30. The second-order valence-corrected chi connectivity index (χ2v) is 10.1. The molecule has 0 bridgehead atoms. The van der Waals surface area contributed by atoms with Crippen molar-refractivity contribution in [1.29, 1.82) is 0 Å². The van der Waals surface area contributed by atoms with Crippen LogP contribution in [0.1, 0.15) is 43.0 Å². The standard InChI is InChI=1S/C27H32F3N7O2/c1-35-14-11-21(17-35)31-25(39)19-4-6-20(7-5-19)32-26-33-24-22(3-2-13-37(24)34-26)18-9-15-36(16-10-18)23(38)8-12-27(28,29)30/h2-7,9,13,21,25,31,39H,8,10-12,14-17H2,1H3,(H,32,34). The molecule has 3 N–H and O–H groups in total. The average Bonchev–Trinajstić information content (AvgIpc) is 3.52. The number of benzene rings is 1. The number of aliphatic hydroxyl groups is 1. The van der Waals surface area contributed by atoms with Crippen LogP contribution in [0, 0.1) is 0 Å². The number of fused-ring (bicyclic) bond motifs is 1. The molecule has 208 valence electrons. The van der Waals surface area contributed by atoms with Crippen LogP contribution in [0.2, 0.25) is 0 Å². The third kappa shape index (κ3) is 6.75. The van der Waals surface area contributed by atoms with Crippen LogP contribution >= 0.6 is 0 Å². The lowest BCUT2D eigenvalue weighted by Crippen LogP contribution is -2.35. The number of aliphatic hydroxyl groups excluding tert-OH is 1. The maximum absolute atomic E-state index is 12.5. The fourth-order valence-electron chi connectivity index (χ4n) is 5.03. The second kappa shape index (κ2) is 11.3. The Hall–Kier alpha value is -3.48. The molecule has 4 heterocycles. The Morgan fingerprint density at radius 1 is 1.21 bits per heavy atom. The lowest BCUT2D eigenvalue weighted by molar-refractivity contribution is -0.148. The molecule has 1 saturated heterocycles. The minimum Gasteiger partial charge on any atom is -0.374 e. The molecule has 0 radical (unpaired) electrons. The summed E-state index contributed by atoms with van der Waals surface area (Å²) in [5.74, 6) is -0.0847. The highest BCUT2D eigenvalue weighted by molar-refractivity contribution is 5.81. The molecule has 1 amide bonds. The SMILES string of the molecule is CN1CCC(NC(O)c2ccc(Nc3nc4c(C5=CCN(C(=O)CCC(F)(F)F)CC5)cccn4n3)cc2)C1. The van der Waals surface area contributed by atoms with E-state index in [0.717, 1.165) is 41.9 Å². The lowest BCUT2D eigenvalue weighted by Gasteiger charge is -2.27. The zero-order valence-corrected chi connectivity index (χ0v) is 21.7. The zero-order valence-electron chi connectivity index (χ0n) is 21.7. The van der Waals surface area contributed by atoms with Crippen LogP contribution < -0.4 is 10.6 Å². The predicted octanol–water partition coefficient (Wildman–Crippen LogP) is 3.72. The maximum atomic E-state index is 12.5. The summed E-state index contributed by atoms with van der Waals surface area (Å²) in [6.07, 6.45) is -1.54. The number of alkyl halides is 3. The molecule has 3 aromatic rings. The summed E-state index contributed by atoms with van der Waals surface area (Å²) in [4.78, 5) is 20.5. The van der Waals surface area contributed by atoms with Crippen molar-refractivity contribution in [1.82, 2.24) is 29.7 Å². The van der Waals surface area contributed by atoms with Gasteiger partial charge in [-0.2, -0.15) is 18.2 Å². The maximum Gasteiger partial charge on any atom is 0.389 e. The average molecular weight is 544 g/mol. The first-order chi connectivity index (χ1) is 18.6. The van der Waals surface area contributed by atoms with Crippen molar-refractivity contribution in [3.8, 4) is 0 Å². The third-order valence-electron chi connectivity index (χ3n) is 7.16. The van der Waals surface area contributed by atoms with Crippen molar-refractivity contribution in [2.75, 3.05) is 38.5 Å². The summed E-state index contributed by atoms with van der Waals surface area (Å²) in [6, 6.07) is 11.5. The number of hydrogen-bond donors (Lipinski definition) is 3. The van der Waals surface area contributed by atoms with Crippen LogP contribution in [-0.4, -0.2) is 80.9 Å². The number of hydrogen-bond acceptors (Lipinski definition) is 7. The molecule has 5 rings (SSSR count). The molecule has 9 nitrogen and oxygen atoms in total. The third-order valence-corrected chi connectivity index (χ3v) is 7.16. The number of likely N-dealkylation sites (tertiary alicyclic amines) is 1. The lowest BCUT2D eigenvalue weighted by atomic mass is 10.00. The zero-order chi connectivity index (χ0) is 27.6. The molecule has 2 aromatic heterocycles. The number of carbonyl (C=O) groups is 1. The van der Waals surface area contributed by atoms with Crippen LogP contribution in [0.25, 0.3) is 11.2 Å². The summed E-state index contributed by atoms with van der Waals surface area (Å²) < 4.78 is 39.1. The molecule has 2 aliphatic rings. The number of amides is 1. The largest absolute Gasteiger partial charge is 0.389 e. The van der Waals surface area contributed by atoms with E-state index in [9.17, 15) is 23.1 Å². The van der Waals surface area contributed by atoms with E-state index in [0.29, 0.717) is 24.6 Å². The van der Waals surface area contributed by atoms with Gasteiger partial charge in [-0.3, -0.25) is 10.1 Å². The molecular weight excluding hydrogens is 511 g/mol. The van der Waals surface area contributed by atoms with Gasteiger partial charge in [0.05, 0.1) is 6.42 Å². The molecule has 2 atom stereocenters. The number of pyridine rings is 1. The number of likely N-dealkylation sites (N-methyl/N-ethyl adjacent to an activating group) is 1. The Balaban J connectivity index is 1.23. The van der Waals surface area contributed by atoms with Crippen molar-refractivity contribution in [2.45, 2.75) is 44.1 Å². The molecule has 0 spiro atoms. The normalized spacial score (nSPS) is 19.4. The number of nitrogens with one attached hydrogen (secondary N) is 2. The van der Waals surface area contributed by atoms with Gasteiger partial charge in [0.2, 0.25) is 11.9 Å². The number of aromatic nitrogens is 3. The van der Waals surface area contributed by atoms with Crippen LogP contribution in [-0.2, 0) is 4.79 Å². The Morgan fingerprint density at radius 3 is 2.67 bits per heavy atom. The molecule has 0 aliphatic carbocycles. The topological polar surface area (TPSA) is 98.0 Å². The molecule has 12 heteroatoms. The van der Waals surface area contributed by atoms with E-state index in [1.807, 2.05) is 42.5 Å². The predicted molar refractivity (Wildman–Crippen MR) is 141 cm³/mol. The van der Waals surface area contributed by atoms with Crippen molar-refractivity contribution >= 4 is 28.8 Å². The molecule has 2 unspecified atom stereocenters. The van der Waals surface area contributed by atoms with E-state index >= 15 is 0 Å². The molecule has 0 saturated carbocycles. The van der Waals surface area contributed by atoms with Crippen LogP contribution in [0.5, 0.6) is 0 Å². The van der Waals surface area contributed by atoms with Gasteiger partial charge in [0.15, 0.2) is 5.65 Å². The minimum absolute atomic E-state index is 0.261. The van der Waals surface area contributed by atoms with Gasteiger partial charge in [-0.15, -0.1) is 5.10 Å². The van der Waals surface area contributed by atoms with E-state index in [1.54, 1.807) is 10.7 Å². The highest BCUT2D eigenvalue weighted by Crippen LogP contribution is 2.28. The Morgan fingerprint density at radius 2 is 2.00 bits per heavy atom. The van der Waals surface area contributed by atoms with Gasteiger partial charge in [0, 0.05) is 49.5 Å². The van der Waals surface area contributed by atoms with Gasteiger partial charge in [-0.1, -0.05) is 18.2 Å². The van der Waals surface area contributed by atoms with Crippen LogP contribution in [0.4, 0.5) is 24.8 Å². The minimum atomic E-state index is -4.34. The fraction of sp³-hybridized carbons (Fsp3) is 0.444. The number of anilines is 2. The van der Waals surface area contributed by atoms with E-state index in [4.69, 9.17) is 0 Å². The van der Waals surface area contributed by atoms with Gasteiger partial charge in [0.1, 0.15) is 6.23 Å². The van der Waals surface area contributed by atoms with Gasteiger partial charge >= 0.3 is 6.18 Å². The Labute approximate surface area is 224 Å². The molecule has 1 fully saturated rings. The summed E-state index contributed by atoms with van der Waals surface area (Å²) in [5, 5.41) is 21.5. The first-order valence-electron chi connectivity index (χ1n) is 13.0. The second-order valence-electron chi connectivity index (χ2n) is 10.1. The molecule has 1 aromatic carbocycles. The van der Waals surface area contributed by atoms with Crippen LogP contribution in [0.15, 0.2) is 48.7 Å². The first kappa shape index (κ1) is 27.1. The number of halogens is 3. The molecular formula is C27H32F3N7O2. The van der Waals surface area contributed by atoms with Crippen molar-refractivity contribution < 1.29 is 23.1 Å². The fourth-order valence-corrected chi connectivity index (χ4v) is 5.03. The van der Waals surface area contributed by atoms with E-state index in [1.165, 1.54) is 4.90 Å². The summed E-state index contributed by atoms with van der Waals surface area (Å²) >= 11 is 0. The number of nitrogens with zero attached hydrogens (tertiary/aromatic N) is 5. The van der Waals surface area contributed by atoms with Gasteiger partial charge in [-0.25, -0.2) is 4.52 Å². The highest BCUT2D eigenvalue weighted by atomic mass is 19.4. The van der Waals surface area contributed by atoms with Gasteiger partial charge in [0.25, 0.3) is 0 Å². The van der Waals surface area contributed by atoms with Crippen molar-refractivity contribution in [3.05, 3.63) is 59.8 Å². The number of rotatable bonds is 8. The monoisotopic (exact) mass is 543 g/mol. The quantitative estimate of drug-likeness (QED) is 0.373. The van der Waals surface area contributed by atoms with E-state index < -0.39 is 31.2 Å². The Bertz CT molecular complexity index is 1340. The molecule has 39 heavy (non-hydrogen) atoms. The van der Waals surface area contributed by atoms with Crippen molar-refractivity contribution in [2.24, 2.45) is 0 Å². The summed E-state index contributed by atoms with van der Waals surface area (Å²) in [7, 11) is 2.07. The summed E-state index contributed by atoms with van der Waals surface area (Å²) in [5.41, 5.74) is 4.02.